The van der Waals surface area contributed by atoms with E-state index < -0.39 is 5.97 Å². The Labute approximate surface area is 121 Å². The van der Waals surface area contributed by atoms with Crippen molar-refractivity contribution in [3.8, 4) is 0 Å². The molecule has 0 bridgehead atoms. The Kier molecular flexibility index (Phi) is 4.32. The Hall–Kier alpha value is -2.70. The Balaban J connectivity index is 2.54. The topological polar surface area (TPSA) is 89.1 Å². The van der Waals surface area contributed by atoms with Crippen LogP contribution in [0.5, 0.6) is 0 Å². The summed E-state index contributed by atoms with van der Waals surface area (Å²) in [5.74, 6) is -0.450. The quantitative estimate of drug-likeness (QED) is 0.402. The Bertz CT molecular complexity index is 731. The fourth-order valence-electron chi connectivity index (χ4n) is 1.93. The Morgan fingerprint density at radius 3 is 3.00 bits per heavy atom. The molecule has 7 nitrogen and oxygen atoms in total. The smallest absolute Gasteiger partial charge is 0.343 e. The molecule has 0 aliphatic heterocycles. The molecular weight excluding hydrogens is 272 g/mol. The lowest BCUT2D eigenvalue weighted by atomic mass is 10.2. The van der Waals surface area contributed by atoms with Gasteiger partial charge in [-0.3, -0.25) is 0 Å². The van der Waals surface area contributed by atoms with E-state index in [4.69, 9.17) is 9.94 Å². The first-order chi connectivity index (χ1) is 10.1. The van der Waals surface area contributed by atoms with Gasteiger partial charge in [0.05, 0.1) is 24.7 Å². The highest BCUT2D eigenvalue weighted by Crippen LogP contribution is 2.15. The van der Waals surface area contributed by atoms with Crippen LogP contribution < -0.4 is 0 Å². The number of allylic oxidation sites excluding steroid dienone is 1. The van der Waals surface area contributed by atoms with Crippen molar-refractivity contribution in [3.63, 3.8) is 0 Å². The van der Waals surface area contributed by atoms with Gasteiger partial charge in [0.25, 0.3) is 0 Å². The van der Waals surface area contributed by atoms with Crippen LogP contribution in [0.2, 0.25) is 0 Å². The van der Waals surface area contributed by atoms with Crippen molar-refractivity contribution in [1.82, 2.24) is 14.6 Å². The van der Waals surface area contributed by atoms with E-state index in [1.807, 2.05) is 13.0 Å². The first-order valence-electron chi connectivity index (χ1n) is 6.45. The Morgan fingerprint density at radius 2 is 2.33 bits per heavy atom. The van der Waals surface area contributed by atoms with Crippen molar-refractivity contribution >= 4 is 23.9 Å². The number of carbonyl (C=O) groups is 1. The molecule has 0 saturated carbocycles. The van der Waals surface area contributed by atoms with E-state index in [2.05, 4.69) is 15.2 Å². The number of aryl methyl sites for hydroxylation is 1. The normalized spacial score (nSPS) is 12.2. The van der Waals surface area contributed by atoms with Gasteiger partial charge in [-0.15, -0.1) is 0 Å². The van der Waals surface area contributed by atoms with Crippen molar-refractivity contribution in [3.05, 3.63) is 34.8 Å². The van der Waals surface area contributed by atoms with Gasteiger partial charge in [-0.1, -0.05) is 5.16 Å². The molecule has 0 aliphatic carbocycles. The van der Waals surface area contributed by atoms with Crippen LogP contribution in [-0.2, 0) is 4.74 Å². The third kappa shape index (κ3) is 3.07. The number of esters is 1. The molecule has 2 aromatic rings. The van der Waals surface area contributed by atoms with Gasteiger partial charge in [0.2, 0.25) is 0 Å². The number of oxime groups is 1. The van der Waals surface area contributed by atoms with Crippen LogP contribution in [0.15, 0.2) is 23.0 Å². The van der Waals surface area contributed by atoms with Crippen LogP contribution in [0.3, 0.4) is 0 Å². The molecule has 0 atom stereocenters. The van der Waals surface area contributed by atoms with Crippen LogP contribution in [0.1, 0.15) is 35.6 Å². The number of rotatable bonds is 4. The van der Waals surface area contributed by atoms with Crippen molar-refractivity contribution in [2.45, 2.75) is 20.8 Å². The summed E-state index contributed by atoms with van der Waals surface area (Å²) < 4.78 is 6.57. The molecule has 0 fully saturated rings. The third-order valence-electron chi connectivity index (χ3n) is 2.80. The van der Waals surface area contributed by atoms with Crippen LogP contribution in [0, 0.1) is 6.92 Å². The van der Waals surface area contributed by atoms with Gasteiger partial charge in [0.1, 0.15) is 5.56 Å². The lowest BCUT2D eigenvalue weighted by Gasteiger charge is -2.03. The van der Waals surface area contributed by atoms with Crippen LogP contribution >= 0.6 is 0 Å². The minimum Gasteiger partial charge on any atom is -0.462 e. The molecule has 0 aromatic carbocycles. The SMILES string of the molecule is CCOC(=O)c1cnn2c(C)cc(/C=C(C)/C=N\O)nc12. The monoisotopic (exact) mass is 288 g/mol. The molecule has 0 unspecified atom stereocenters. The average molecular weight is 288 g/mol. The van der Waals surface area contributed by atoms with Crippen LogP contribution in [-0.4, -0.2) is 38.6 Å². The molecule has 7 heteroatoms. The summed E-state index contributed by atoms with van der Waals surface area (Å²) >= 11 is 0. The highest BCUT2D eigenvalue weighted by molar-refractivity contribution is 5.95. The highest BCUT2D eigenvalue weighted by Gasteiger charge is 2.16. The second-order valence-electron chi connectivity index (χ2n) is 4.47. The zero-order valence-electron chi connectivity index (χ0n) is 12.1. The second-order valence-corrected chi connectivity index (χ2v) is 4.47. The average Bonchev–Trinajstić information content (AvgIpc) is 2.83. The first kappa shape index (κ1) is 14.7. The van der Waals surface area contributed by atoms with Gasteiger partial charge in [0.15, 0.2) is 5.65 Å². The molecule has 2 aromatic heterocycles. The van der Waals surface area contributed by atoms with E-state index in [0.717, 1.165) is 11.3 Å². The third-order valence-corrected chi connectivity index (χ3v) is 2.80. The maximum absolute atomic E-state index is 11.9. The summed E-state index contributed by atoms with van der Waals surface area (Å²) in [6.07, 6.45) is 4.50. The van der Waals surface area contributed by atoms with Gasteiger partial charge < -0.3 is 9.94 Å². The predicted molar refractivity (Wildman–Crippen MR) is 77.6 cm³/mol. The lowest BCUT2D eigenvalue weighted by molar-refractivity contribution is 0.0528. The van der Waals surface area contributed by atoms with E-state index in [1.165, 1.54) is 12.4 Å². The fourth-order valence-corrected chi connectivity index (χ4v) is 1.93. The van der Waals surface area contributed by atoms with E-state index in [0.29, 0.717) is 23.5 Å². The van der Waals surface area contributed by atoms with Crippen LogP contribution in [0.4, 0.5) is 0 Å². The summed E-state index contributed by atoms with van der Waals surface area (Å²) in [6, 6.07) is 1.82. The molecule has 2 heterocycles. The van der Waals surface area contributed by atoms with Gasteiger partial charge in [-0.25, -0.2) is 14.3 Å². The lowest BCUT2D eigenvalue weighted by Crippen LogP contribution is -2.06. The van der Waals surface area contributed by atoms with Crippen molar-refractivity contribution in [1.29, 1.82) is 0 Å². The van der Waals surface area contributed by atoms with Gasteiger partial charge >= 0.3 is 5.97 Å². The van der Waals surface area contributed by atoms with E-state index in [9.17, 15) is 4.79 Å². The van der Waals surface area contributed by atoms with Crippen molar-refractivity contribution in [2.24, 2.45) is 5.16 Å². The molecule has 1 N–H and O–H groups in total. The van der Waals surface area contributed by atoms with E-state index in [1.54, 1.807) is 24.4 Å². The highest BCUT2D eigenvalue weighted by atomic mass is 16.5. The molecule has 2 rings (SSSR count). The maximum Gasteiger partial charge on any atom is 0.343 e. The number of nitrogens with zero attached hydrogens (tertiary/aromatic N) is 4. The molecule has 0 aliphatic rings. The molecule has 0 amide bonds. The standard InChI is InChI=1S/C14H16N4O3/c1-4-21-14(19)12-8-15-18-10(3)6-11(17-13(12)18)5-9(2)7-16-20/h5-8,20H,4H2,1-3H3/b9-5+,16-7-. The molecular formula is C14H16N4O3. The number of fused-ring (bicyclic) bond motifs is 1. The van der Waals surface area contributed by atoms with Gasteiger partial charge in [-0.2, -0.15) is 5.10 Å². The fraction of sp³-hybridized carbons (Fsp3) is 0.286. The van der Waals surface area contributed by atoms with Crippen molar-refractivity contribution in [2.75, 3.05) is 6.61 Å². The second kappa shape index (κ2) is 6.17. The number of hydrogen-bond donors (Lipinski definition) is 1. The van der Waals surface area contributed by atoms with Gasteiger partial charge in [-0.05, 0) is 38.5 Å². The van der Waals surface area contributed by atoms with Crippen LogP contribution in [0.25, 0.3) is 11.7 Å². The van der Waals surface area contributed by atoms with Gasteiger partial charge in [0, 0.05) is 5.69 Å². The summed E-state index contributed by atoms with van der Waals surface area (Å²) in [5, 5.41) is 15.6. The minimum absolute atomic E-state index is 0.292. The summed E-state index contributed by atoms with van der Waals surface area (Å²) in [6.45, 7) is 5.68. The molecule has 0 spiro atoms. The first-order valence-corrected chi connectivity index (χ1v) is 6.45. The maximum atomic E-state index is 11.9. The molecule has 0 saturated heterocycles. The zero-order chi connectivity index (χ0) is 15.4. The number of hydrogen-bond acceptors (Lipinski definition) is 6. The number of aromatic nitrogens is 3. The minimum atomic E-state index is -0.450. The van der Waals surface area contributed by atoms with Crippen molar-refractivity contribution < 1.29 is 14.7 Å². The summed E-state index contributed by atoms with van der Waals surface area (Å²) in [5.41, 5.74) is 2.96. The number of carbonyl (C=O) groups excluding carboxylic acids is 1. The summed E-state index contributed by atoms with van der Waals surface area (Å²) in [7, 11) is 0. The molecule has 0 radical (unpaired) electrons. The predicted octanol–water partition coefficient (Wildman–Crippen LogP) is 2.08. The van der Waals surface area contributed by atoms with E-state index >= 15 is 0 Å². The Morgan fingerprint density at radius 1 is 1.57 bits per heavy atom. The number of ether oxygens (including phenoxy) is 1. The van der Waals surface area contributed by atoms with E-state index in [-0.39, 0.29) is 0 Å². The largest absolute Gasteiger partial charge is 0.462 e. The molecule has 21 heavy (non-hydrogen) atoms. The zero-order valence-corrected chi connectivity index (χ0v) is 12.1. The summed E-state index contributed by atoms with van der Waals surface area (Å²) in [4.78, 5) is 16.3. The molecule has 110 valence electrons.